The van der Waals surface area contributed by atoms with E-state index in [1.807, 2.05) is 0 Å². The number of rotatable bonds is 5. The Morgan fingerprint density at radius 1 is 1.33 bits per heavy atom. The maximum atomic E-state index is 12.1. The maximum Gasteiger partial charge on any atom is 0.304 e. The van der Waals surface area contributed by atoms with Crippen LogP contribution in [-0.4, -0.2) is 22.0 Å². The number of ketones is 1. The van der Waals surface area contributed by atoms with Crippen LogP contribution in [0.15, 0.2) is 18.2 Å². The van der Waals surface area contributed by atoms with Crippen molar-refractivity contribution in [1.29, 1.82) is 0 Å². The van der Waals surface area contributed by atoms with E-state index < -0.39 is 17.2 Å². The number of phenolic OH excluding ortho intramolecular Hbond substituents is 1. The highest BCUT2D eigenvalue weighted by Crippen LogP contribution is 2.30. The number of benzene rings is 1. The molecule has 0 saturated carbocycles. The maximum absolute atomic E-state index is 12.1. The number of hydrogen-bond acceptors (Lipinski definition) is 4. The van der Waals surface area contributed by atoms with Crippen molar-refractivity contribution in [3.05, 3.63) is 28.7 Å². The second-order valence-corrected chi connectivity index (χ2v) is 4.62. The number of carboxylic acids is 1. The molecular formula is C12H14NO5+. The van der Waals surface area contributed by atoms with E-state index in [0.717, 1.165) is 0 Å². The Morgan fingerprint density at radius 3 is 2.44 bits per heavy atom. The Hall–Kier alpha value is -2.24. The molecule has 0 amide bonds. The third-order valence-corrected chi connectivity index (χ3v) is 2.57. The molecule has 0 atom stereocenters. The van der Waals surface area contributed by atoms with Gasteiger partial charge in [0, 0.05) is 27.6 Å². The summed E-state index contributed by atoms with van der Waals surface area (Å²) in [5.74, 6) is -1.91. The predicted octanol–water partition coefficient (Wildman–Crippen LogP) is 0.554. The minimum absolute atomic E-state index is 0.0675. The van der Waals surface area contributed by atoms with Gasteiger partial charge in [0.2, 0.25) is 0 Å². The number of nitroso groups, excluding NO2 is 1. The second-order valence-electron chi connectivity index (χ2n) is 4.62. The quantitative estimate of drug-likeness (QED) is 0.524. The van der Waals surface area contributed by atoms with Crippen molar-refractivity contribution in [2.75, 3.05) is 0 Å². The van der Waals surface area contributed by atoms with Crippen LogP contribution in [0.25, 0.3) is 0 Å². The van der Waals surface area contributed by atoms with Crippen LogP contribution in [0.5, 0.6) is 5.75 Å². The lowest BCUT2D eigenvalue weighted by Crippen LogP contribution is -2.55. The number of aromatic hydroxyl groups is 1. The molecule has 18 heavy (non-hydrogen) atoms. The molecule has 0 heterocycles. The fourth-order valence-corrected chi connectivity index (χ4v) is 1.60. The van der Waals surface area contributed by atoms with E-state index in [1.165, 1.54) is 32.0 Å². The number of hydrogen-bond donors (Lipinski definition) is 3. The summed E-state index contributed by atoms with van der Waals surface area (Å²) in [5, 5.41) is 20.0. The van der Waals surface area contributed by atoms with Crippen LogP contribution < -0.4 is 5.18 Å². The number of carbonyl (C=O) groups is 2. The van der Waals surface area contributed by atoms with Crippen LogP contribution in [0.4, 0.5) is 5.69 Å². The van der Waals surface area contributed by atoms with E-state index in [9.17, 15) is 19.6 Å². The summed E-state index contributed by atoms with van der Waals surface area (Å²) in [6, 6.07) is 3.74. The summed E-state index contributed by atoms with van der Waals surface area (Å²) in [4.78, 5) is 33.3. The third kappa shape index (κ3) is 2.91. The van der Waals surface area contributed by atoms with Gasteiger partial charge in [0.1, 0.15) is 5.75 Å². The molecule has 0 unspecified atom stereocenters. The van der Waals surface area contributed by atoms with Gasteiger partial charge in [-0.15, -0.1) is 0 Å². The highest BCUT2D eigenvalue weighted by Gasteiger charge is 2.33. The van der Waals surface area contributed by atoms with Gasteiger partial charge in [-0.25, -0.2) is 0 Å². The predicted molar refractivity (Wildman–Crippen MR) is 62.5 cm³/mol. The van der Waals surface area contributed by atoms with Gasteiger partial charge < -0.3 is 10.2 Å². The van der Waals surface area contributed by atoms with Crippen LogP contribution in [-0.2, 0) is 4.79 Å². The number of phenols is 1. The molecule has 0 aliphatic carbocycles. The summed E-state index contributed by atoms with van der Waals surface area (Å²) in [6.45, 7) is 2.94. The second kappa shape index (κ2) is 4.95. The van der Waals surface area contributed by atoms with Gasteiger partial charge in [0.25, 0.3) is 5.69 Å². The Bertz CT molecular complexity index is 507. The first-order chi connectivity index (χ1) is 8.27. The molecule has 6 nitrogen and oxygen atoms in total. The molecule has 0 fully saturated rings. The van der Waals surface area contributed by atoms with Crippen LogP contribution >= 0.6 is 0 Å². The van der Waals surface area contributed by atoms with Gasteiger partial charge in [-0.05, 0) is 6.07 Å². The first kappa shape index (κ1) is 13.8. The fraction of sp³-hybridized carbons (Fsp3) is 0.333. The Labute approximate surface area is 103 Å². The van der Waals surface area contributed by atoms with Crippen molar-refractivity contribution >= 4 is 17.4 Å². The molecule has 1 aromatic carbocycles. The molecule has 0 spiro atoms. The number of aliphatic carboxylic acids is 1. The molecule has 1 aromatic rings. The first-order valence-electron chi connectivity index (χ1n) is 5.25. The molecule has 3 N–H and O–H groups in total. The largest absolute Gasteiger partial charge is 0.507 e. The van der Waals surface area contributed by atoms with E-state index >= 15 is 0 Å². The zero-order chi connectivity index (χ0) is 13.9. The number of Topliss-reactive ketones (excluding diaryl/α,β-unsaturated/α-hetero) is 1. The van der Waals surface area contributed by atoms with Crippen molar-refractivity contribution < 1.29 is 25.0 Å². The number of carboxylic acid groups (broad SMARTS) is 1. The molecular weight excluding hydrogens is 238 g/mol. The Balaban J connectivity index is 3.17. The normalized spacial score (nSPS) is 11.0. The minimum Gasteiger partial charge on any atom is -0.507 e. The van der Waals surface area contributed by atoms with Gasteiger partial charge in [-0.1, -0.05) is 13.8 Å². The van der Waals surface area contributed by atoms with Crippen LogP contribution in [0.1, 0.15) is 30.6 Å². The molecule has 1 rings (SSSR count). The van der Waals surface area contributed by atoms with Crippen molar-refractivity contribution in [3.63, 3.8) is 0 Å². The number of nitrogens with one attached hydrogen (secondary N) is 1. The summed E-state index contributed by atoms with van der Waals surface area (Å²) < 4.78 is 0. The summed E-state index contributed by atoms with van der Waals surface area (Å²) in [5.41, 5.74) is -1.10. The SMILES string of the molecule is CC(C)(CC(=O)O)C(=O)c1cc([NH+]=O)ccc1O. The molecule has 0 bridgehead atoms. The topological polar surface area (TPSA) is 106 Å². The first-order valence-corrected chi connectivity index (χ1v) is 5.25. The minimum atomic E-state index is -1.16. The zero-order valence-electron chi connectivity index (χ0n) is 10.1. The molecule has 0 aromatic heterocycles. The highest BCUT2D eigenvalue weighted by atomic mass is 16.4. The smallest absolute Gasteiger partial charge is 0.304 e. The molecule has 0 aliphatic rings. The van der Waals surface area contributed by atoms with Crippen molar-refractivity contribution in [1.82, 2.24) is 0 Å². The molecule has 0 saturated heterocycles. The fourth-order valence-electron chi connectivity index (χ4n) is 1.60. The van der Waals surface area contributed by atoms with Crippen LogP contribution in [0.3, 0.4) is 0 Å². The molecule has 6 heteroatoms. The van der Waals surface area contributed by atoms with Crippen LogP contribution in [0, 0.1) is 10.3 Å². The van der Waals surface area contributed by atoms with Gasteiger partial charge in [-0.3, -0.25) is 9.59 Å². The molecule has 0 radical (unpaired) electrons. The van der Waals surface area contributed by atoms with E-state index in [2.05, 4.69) is 0 Å². The average molecular weight is 252 g/mol. The van der Waals surface area contributed by atoms with Crippen LogP contribution in [0.2, 0.25) is 0 Å². The average Bonchev–Trinajstić information content (AvgIpc) is 2.27. The van der Waals surface area contributed by atoms with Gasteiger partial charge in [0.15, 0.2) is 5.78 Å². The van der Waals surface area contributed by atoms with E-state index in [1.54, 1.807) is 5.18 Å². The summed E-state index contributed by atoms with van der Waals surface area (Å²) in [7, 11) is 0. The van der Waals surface area contributed by atoms with Gasteiger partial charge in [0.05, 0.1) is 12.0 Å². The Kier molecular flexibility index (Phi) is 3.80. The van der Waals surface area contributed by atoms with E-state index in [4.69, 9.17) is 5.11 Å². The molecule has 96 valence electrons. The monoisotopic (exact) mass is 252 g/mol. The summed E-state index contributed by atoms with van der Waals surface area (Å²) in [6.07, 6.45) is -0.361. The van der Waals surface area contributed by atoms with E-state index in [0.29, 0.717) is 0 Å². The lowest BCUT2D eigenvalue weighted by molar-refractivity contribution is -0.379. The molecule has 0 aliphatic heterocycles. The number of carbonyl (C=O) groups excluding carboxylic acids is 1. The zero-order valence-corrected chi connectivity index (χ0v) is 10.1. The van der Waals surface area contributed by atoms with Crippen molar-refractivity contribution in [3.8, 4) is 5.75 Å². The Morgan fingerprint density at radius 2 is 1.94 bits per heavy atom. The van der Waals surface area contributed by atoms with Crippen molar-refractivity contribution in [2.24, 2.45) is 5.41 Å². The van der Waals surface area contributed by atoms with Gasteiger partial charge in [-0.2, -0.15) is 0 Å². The van der Waals surface area contributed by atoms with E-state index in [-0.39, 0.29) is 23.4 Å². The highest BCUT2D eigenvalue weighted by molar-refractivity contribution is 6.04. The third-order valence-electron chi connectivity index (χ3n) is 2.57. The lowest BCUT2D eigenvalue weighted by Gasteiger charge is -2.20. The van der Waals surface area contributed by atoms with Gasteiger partial charge >= 0.3 is 5.97 Å². The standard InChI is InChI=1S/C12H13NO5/c1-12(2,6-10(15)16)11(17)8-5-7(13-18)3-4-9(8)14/h3-5,14H,6H2,1-2H3,(H,15,16)/p+1. The summed E-state index contributed by atoms with van der Waals surface area (Å²) >= 11 is 0. The van der Waals surface area contributed by atoms with Crippen molar-refractivity contribution in [2.45, 2.75) is 20.3 Å². The lowest BCUT2D eigenvalue weighted by atomic mass is 9.81.